The Morgan fingerprint density at radius 2 is 1.58 bits per heavy atom. The number of carbonyl (C=O) groups is 4. The quantitative estimate of drug-likeness (QED) is 0.0267. The highest BCUT2D eigenvalue weighted by Crippen LogP contribution is 2.54. The number of unbranched alkanes of at least 4 members (excludes halogenated alkanes) is 1. The molecule has 28 nitrogen and oxygen atoms in total. The van der Waals surface area contributed by atoms with Crippen molar-refractivity contribution in [3.8, 4) is 46.3 Å². The number of aromatic nitrogens is 8. The number of phenolic OH excluding ortho intramolecular Hbond substituents is 1. The molecule has 99 heavy (non-hydrogen) atoms. The summed E-state index contributed by atoms with van der Waals surface area (Å²) in [7, 11) is 4.08. The fourth-order valence-electron chi connectivity index (χ4n) is 13.1. The number of hydrogen-bond donors (Lipinski definition) is 8. The Hall–Kier alpha value is -10.1. The van der Waals surface area contributed by atoms with Crippen LogP contribution in [0.2, 0.25) is 0 Å². The molecule has 5 aliphatic rings. The van der Waals surface area contributed by atoms with Crippen LogP contribution in [0, 0.1) is 11.8 Å². The Morgan fingerprint density at radius 1 is 0.859 bits per heavy atom. The number of rotatable bonds is 20. The van der Waals surface area contributed by atoms with Crippen LogP contribution in [0.4, 0.5) is 17.2 Å². The molecule has 7 aromatic rings. The Labute approximate surface area is 573 Å². The van der Waals surface area contributed by atoms with Crippen molar-refractivity contribution >= 4 is 56.4 Å². The highest BCUT2D eigenvalue weighted by atomic mass is 32.2. The molecule has 0 radical (unpaired) electrons. The van der Waals surface area contributed by atoms with Crippen LogP contribution in [-0.2, 0) is 53.9 Å². The van der Waals surface area contributed by atoms with E-state index in [0.29, 0.717) is 30.4 Å². The standard InChI is InChI=1S/C27H29N5O6S.C23H27N3O7.C20H27N5O2/c1-27(2,3)18-10-12-19(13-11-18)39(34,35)32-23-22(38-21-9-6-5-8-20(21)36-4)26(37-17-16-33)31-25(30-23)24-28-14-7-15-29-24;1-25(2)12-5-6-13(27)15-10(12)7-9-8-11-17(26(3)4)19(29)16(22(24)32)21(31)23(11,33)20(30)14(9)18(15)28;26-20-12-9-15-14-17(10-11-18(15)21-20)27-13-5-4-8-19-22-23-24-25(19)16-6-2-1-3-7-16/h5-15,33H,16-17H2,1-4H3,(H,30,31,32);5-6,9,11,17,27-28,31,33H,7-8H2,1-4H3,(H2,24,32);10-11,14,16H,1-9,12-13H2,(H,21,26)/t;9-,11-,17-,23-;/m.0./s1. The van der Waals surface area contributed by atoms with Crippen LogP contribution in [0.25, 0.3) is 17.4 Å². The van der Waals surface area contributed by atoms with Gasteiger partial charge in [0.25, 0.3) is 21.8 Å². The number of ether oxygens (including phenoxy) is 4. The third-order valence-corrected chi connectivity index (χ3v) is 19.4. The van der Waals surface area contributed by atoms with E-state index in [1.165, 1.54) is 74.7 Å². The first-order chi connectivity index (χ1) is 47.2. The number of likely N-dealkylation sites (N-methyl/N-ethyl adjacent to an activating group) is 1. The summed E-state index contributed by atoms with van der Waals surface area (Å²) in [5, 5.41) is 68.5. The maximum absolute atomic E-state index is 13.7. The summed E-state index contributed by atoms with van der Waals surface area (Å²) in [5.74, 6) is -4.30. The number of Topliss-reactive ketones (excluding diaryl/α,β-unsaturated/α-hetero) is 2. The number of methoxy groups -OCH3 is 1. The zero-order chi connectivity index (χ0) is 71.1. The van der Waals surface area contributed by atoms with Crippen LogP contribution in [0.3, 0.4) is 0 Å². The number of aryl methyl sites for hydroxylation is 2. The highest BCUT2D eigenvalue weighted by Gasteiger charge is 2.64. The second-order valence-electron chi connectivity index (χ2n) is 26.1. The number of para-hydroxylation sites is 2. The number of amides is 2. The number of ketones is 2. The summed E-state index contributed by atoms with van der Waals surface area (Å²) >= 11 is 0. The molecular formula is C70H83N13O15S. The topological polar surface area (TPSA) is 392 Å². The van der Waals surface area contributed by atoms with Crippen molar-refractivity contribution < 1.29 is 72.1 Å². The van der Waals surface area contributed by atoms with E-state index in [1.807, 2.05) is 58.0 Å². The number of primary amides is 1. The average molecular weight is 1380 g/mol. The van der Waals surface area contributed by atoms with Gasteiger partial charge in [-0.05, 0) is 158 Å². The van der Waals surface area contributed by atoms with Crippen LogP contribution in [-0.4, -0.2) is 169 Å². The first-order valence-corrected chi connectivity index (χ1v) is 34.1. The molecule has 4 aromatic carbocycles. The number of benzene rings is 4. The molecule has 0 saturated heterocycles. The molecule has 2 saturated carbocycles. The Morgan fingerprint density at radius 3 is 2.24 bits per heavy atom. The number of tetrazole rings is 1. The third kappa shape index (κ3) is 15.4. The molecule has 3 aromatic heterocycles. The molecule has 524 valence electrons. The number of hydrogen-bond acceptors (Lipinski definition) is 24. The van der Waals surface area contributed by atoms with Gasteiger partial charge in [0.15, 0.2) is 40.3 Å². The Kier molecular flexibility index (Phi) is 22.0. The summed E-state index contributed by atoms with van der Waals surface area (Å²) in [5.41, 5.74) is 6.04. The lowest BCUT2D eigenvalue weighted by molar-refractivity contribution is -0.153. The van der Waals surface area contributed by atoms with Crippen LogP contribution < -0.4 is 39.6 Å². The summed E-state index contributed by atoms with van der Waals surface area (Å²) in [6.45, 7) is 6.33. The second kappa shape index (κ2) is 30.3. The molecule has 12 rings (SSSR count). The van der Waals surface area contributed by atoms with E-state index < -0.39 is 68.1 Å². The Balaban J connectivity index is 0.000000163. The van der Waals surface area contributed by atoms with Crippen molar-refractivity contribution in [1.29, 1.82) is 0 Å². The maximum atomic E-state index is 13.7. The van der Waals surface area contributed by atoms with Crippen LogP contribution in [0.1, 0.15) is 113 Å². The van der Waals surface area contributed by atoms with Gasteiger partial charge < -0.3 is 60.4 Å². The minimum atomic E-state index is -4.14. The van der Waals surface area contributed by atoms with Crippen molar-refractivity contribution in [1.82, 2.24) is 45.0 Å². The van der Waals surface area contributed by atoms with E-state index in [1.54, 1.807) is 62.6 Å². The van der Waals surface area contributed by atoms with Crippen molar-refractivity contribution in [2.45, 2.75) is 126 Å². The summed E-state index contributed by atoms with van der Waals surface area (Å²) in [6, 6.07) is 23.4. The first kappa shape index (κ1) is 71.7. The summed E-state index contributed by atoms with van der Waals surface area (Å²) in [6.07, 6.45) is 13.8. The summed E-state index contributed by atoms with van der Waals surface area (Å²) < 4.78 is 54.5. The lowest BCUT2D eigenvalue weighted by Gasteiger charge is -2.50. The summed E-state index contributed by atoms with van der Waals surface area (Å²) in [4.78, 5) is 70.5. The molecule has 1 aliphatic heterocycles. The van der Waals surface area contributed by atoms with E-state index in [4.69, 9.17) is 24.7 Å². The minimum absolute atomic E-state index is 0.0169. The molecule has 9 N–H and O–H groups in total. The van der Waals surface area contributed by atoms with Gasteiger partial charge >= 0.3 is 0 Å². The smallest absolute Gasteiger partial charge is 0.263 e. The zero-order valence-electron chi connectivity index (χ0n) is 56.4. The van der Waals surface area contributed by atoms with E-state index in [0.717, 1.165) is 59.8 Å². The first-order valence-electron chi connectivity index (χ1n) is 32.6. The van der Waals surface area contributed by atoms with Gasteiger partial charge in [-0.3, -0.25) is 28.8 Å². The SMILES string of the molecule is CN(C)c1ccc(O)c2c1C[C@H]1C[C@H]3[C@H](N(C)C)C(=O)C(C(N)=O)=C(O)[C@@]3(O)C(=O)C1=C2O.COc1ccccc1Oc1c(NS(=O)(=O)c2ccc(C(C)(C)C)cc2)nc(-c2ncccn2)nc1OCCO.O=C1CCc2cc(OCCCCc3nnnn3C3CCCCC3)ccc2N1. The lowest BCUT2D eigenvalue weighted by atomic mass is 9.57. The van der Waals surface area contributed by atoms with Crippen molar-refractivity contribution in [2.24, 2.45) is 17.6 Å². The van der Waals surface area contributed by atoms with E-state index in [-0.39, 0.29) is 94.0 Å². The van der Waals surface area contributed by atoms with Gasteiger partial charge in [0, 0.05) is 62.2 Å². The second-order valence-corrected chi connectivity index (χ2v) is 27.8. The highest BCUT2D eigenvalue weighted by molar-refractivity contribution is 7.92. The number of aliphatic hydroxyl groups excluding tert-OH is 3. The molecule has 2 amide bonds. The number of nitrogens with one attached hydrogen (secondary N) is 2. The van der Waals surface area contributed by atoms with Gasteiger partial charge in [0.05, 0.1) is 42.9 Å². The molecule has 2 fully saturated rings. The van der Waals surface area contributed by atoms with E-state index in [9.17, 15) is 53.1 Å². The maximum Gasteiger partial charge on any atom is 0.263 e. The van der Waals surface area contributed by atoms with Gasteiger partial charge in [0.2, 0.25) is 23.3 Å². The molecule has 0 bridgehead atoms. The van der Waals surface area contributed by atoms with Crippen molar-refractivity contribution in [2.75, 3.05) is 70.1 Å². The molecular weight excluding hydrogens is 1290 g/mol. The number of anilines is 3. The number of sulfonamides is 1. The number of nitrogens with zero attached hydrogens (tertiary/aromatic N) is 10. The predicted octanol–water partition coefficient (Wildman–Crippen LogP) is 7.70. The van der Waals surface area contributed by atoms with Gasteiger partial charge in [-0.2, -0.15) is 4.98 Å². The normalized spacial score (nSPS) is 19.0. The van der Waals surface area contributed by atoms with E-state index >= 15 is 0 Å². The molecule has 0 unspecified atom stereocenters. The van der Waals surface area contributed by atoms with Gasteiger partial charge in [-0.15, -0.1) is 5.10 Å². The van der Waals surface area contributed by atoms with Crippen molar-refractivity contribution in [3.05, 3.63) is 142 Å². The van der Waals surface area contributed by atoms with Gasteiger partial charge in [-0.25, -0.2) is 28.1 Å². The van der Waals surface area contributed by atoms with Gasteiger partial charge in [0.1, 0.15) is 35.2 Å². The number of fused-ring (bicyclic) bond motifs is 4. The monoisotopic (exact) mass is 1380 g/mol. The molecule has 29 heteroatoms. The van der Waals surface area contributed by atoms with Crippen LogP contribution >= 0.6 is 0 Å². The van der Waals surface area contributed by atoms with Crippen LogP contribution in [0.15, 0.2) is 119 Å². The molecule has 4 aliphatic carbocycles. The van der Waals surface area contributed by atoms with Gasteiger partial charge in [-0.1, -0.05) is 64.3 Å². The minimum Gasteiger partial charge on any atom is -0.508 e. The van der Waals surface area contributed by atoms with Crippen molar-refractivity contribution in [3.63, 3.8) is 0 Å². The number of aliphatic hydroxyl groups is 4. The zero-order valence-corrected chi connectivity index (χ0v) is 57.2. The lowest BCUT2D eigenvalue weighted by Crippen LogP contribution is -2.65. The van der Waals surface area contributed by atoms with Crippen LogP contribution in [0.5, 0.6) is 34.6 Å². The van der Waals surface area contributed by atoms with E-state index in [2.05, 4.69) is 50.2 Å². The predicted molar refractivity (Wildman–Crippen MR) is 365 cm³/mol. The average Bonchev–Trinajstić information content (AvgIpc) is 1.00. The number of nitrogens with two attached hydrogens (primary N) is 1. The third-order valence-electron chi connectivity index (χ3n) is 18.1. The number of carbonyl (C=O) groups excluding carboxylic acids is 4. The largest absolute Gasteiger partial charge is 0.508 e. The number of aromatic hydroxyl groups is 1. The molecule has 4 atom stereocenters. The Bertz CT molecular complexity index is 4320. The fourth-order valence-corrected chi connectivity index (χ4v) is 14.1. The molecule has 0 spiro atoms. The molecule has 4 heterocycles. The number of phenols is 1. The fraction of sp³-hybridized carbons (Fsp3) is 0.414.